The van der Waals surface area contributed by atoms with Gasteiger partial charge in [-0.05, 0) is 62.1 Å². The van der Waals surface area contributed by atoms with Crippen LogP contribution in [0.4, 0.5) is 4.39 Å². The average Bonchev–Trinajstić information content (AvgIpc) is 2.69. The van der Waals surface area contributed by atoms with Crippen molar-refractivity contribution < 1.29 is 14.3 Å². The molecule has 0 bridgehead atoms. The lowest BCUT2D eigenvalue weighted by molar-refractivity contribution is -0.0647. The number of nitrogens with one attached hydrogen (secondary N) is 1. The van der Waals surface area contributed by atoms with Gasteiger partial charge in [0, 0.05) is 12.1 Å². The van der Waals surface area contributed by atoms with Crippen LogP contribution in [0.5, 0.6) is 0 Å². The maximum atomic E-state index is 13.2. The molecule has 0 spiro atoms. The first kappa shape index (κ1) is 21.5. The van der Waals surface area contributed by atoms with Crippen LogP contribution in [0.15, 0.2) is 54.6 Å². The van der Waals surface area contributed by atoms with E-state index in [0.717, 1.165) is 25.1 Å². The van der Waals surface area contributed by atoms with Gasteiger partial charge in [0.05, 0.1) is 17.7 Å². The van der Waals surface area contributed by atoms with Crippen LogP contribution in [-0.4, -0.2) is 40.6 Å². The van der Waals surface area contributed by atoms with Crippen LogP contribution in [0.2, 0.25) is 0 Å². The Morgan fingerprint density at radius 2 is 1.86 bits per heavy atom. The molecule has 0 aliphatic carbocycles. The van der Waals surface area contributed by atoms with Crippen LogP contribution in [-0.2, 0) is 0 Å². The highest BCUT2D eigenvalue weighted by molar-refractivity contribution is 5.94. The fourth-order valence-corrected chi connectivity index (χ4v) is 4.00. The quantitative estimate of drug-likeness (QED) is 0.768. The molecule has 0 aromatic heterocycles. The Balaban J connectivity index is 1.91. The molecule has 1 amide bonds. The standard InChI is InChI=1S/C24H31FN2O2/c1-17(2)13-15-27-16-14-24(3,29)22(21(27)18-7-5-4-6-8-18)26-23(28)19-9-11-20(25)12-10-19/h4-12,17,21-22,29H,13-16H2,1-3H3,(H,26,28)/t21-,22-,24+/m0/s1. The van der Waals surface area contributed by atoms with Gasteiger partial charge >= 0.3 is 0 Å². The van der Waals surface area contributed by atoms with E-state index in [1.165, 1.54) is 24.3 Å². The van der Waals surface area contributed by atoms with E-state index in [1.807, 2.05) is 30.3 Å². The van der Waals surface area contributed by atoms with Gasteiger partial charge < -0.3 is 10.4 Å². The van der Waals surface area contributed by atoms with E-state index in [0.29, 0.717) is 17.9 Å². The molecule has 0 saturated carbocycles. The zero-order valence-corrected chi connectivity index (χ0v) is 17.4. The molecule has 1 aliphatic heterocycles. The SMILES string of the molecule is CC(C)CCN1CC[C@@](C)(O)[C@@H](NC(=O)c2ccc(F)cc2)[C@@H]1c1ccccc1. The number of likely N-dealkylation sites (tertiary alicyclic amines) is 1. The van der Waals surface area contributed by atoms with E-state index < -0.39 is 11.6 Å². The number of piperidine rings is 1. The summed E-state index contributed by atoms with van der Waals surface area (Å²) in [5.41, 5.74) is 0.402. The lowest BCUT2D eigenvalue weighted by Crippen LogP contribution is -2.62. The fourth-order valence-electron chi connectivity index (χ4n) is 4.00. The van der Waals surface area contributed by atoms with Crippen molar-refractivity contribution in [2.45, 2.75) is 51.3 Å². The average molecular weight is 399 g/mol. The summed E-state index contributed by atoms with van der Waals surface area (Å²) in [6.07, 6.45) is 1.62. The van der Waals surface area contributed by atoms with E-state index in [4.69, 9.17) is 0 Å². The van der Waals surface area contributed by atoms with Crippen LogP contribution in [0, 0.1) is 11.7 Å². The largest absolute Gasteiger partial charge is 0.388 e. The number of amides is 1. The number of carbonyl (C=O) groups is 1. The van der Waals surface area contributed by atoms with Gasteiger partial charge in [0.15, 0.2) is 0 Å². The van der Waals surface area contributed by atoms with Gasteiger partial charge in [0.25, 0.3) is 5.91 Å². The molecule has 2 N–H and O–H groups in total. The number of nitrogens with zero attached hydrogens (tertiary/aromatic N) is 1. The summed E-state index contributed by atoms with van der Waals surface area (Å²) in [5.74, 6) is -0.115. The van der Waals surface area contributed by atoms with Crippen molar-refractivity contribution in [1.29, 1.82) is 0 Å². The first-order valence-corrected chi connectivity index (χ1v) is 10.4. The molecule has 5 heteroatoms. The maximum absolute atomic E-state index is 13.2. The molecule has 0 radical (unpaired) electrons. The number of hydrogen-bond donors (Lipinski definition) is 2. The molecule has 2 aromatic rings. The molecular weight excluding hydrogens is 367 g/mol. The van der Waals surface area contributed by atoms with E-state index in [1.54, 1.807) is 6.92 Å². The molecule has 1 saturated heterocycles. The van der Waals surface area contributed by atoms with E-state index in [9.17, 15) is 14.3 Å². The van der Waals surface area contributed by atoms with Crippen molar-refractivity contribution in [3.05, 3.63) is 71.5 Å². The zero-order valence-electron chi connectivity index (χ0n) is 17.4. The van der Waals surface area contributed by atoms with Crippen molar-refractivity contribution in [3.63, 3.8) is 0 Å². The molecule has 1 aliphatic rings. The summed E-state index contributed by atoms with van der Waals surface area (Å²) in [6.45, 7) is 7.85. The molecule has 1 heterocycles. The Labute approximate surface area is 172 Å². The monoisotopic (exact) mass is 398 g/mol. The Morgan fingerprint density at radius 3 is 2.48 bits per heavy atom. The van der Waals surface area contributed by atoms with E-state index in [-0.39, 0.29) is 17.8 Å². The summed E-state index contributed by atoms with van der Waals surface area (Å²) in [6, 6.07) is 14.9. The van der Waals surface area contributed by atoms with Gasteiger partial charge in [-0.1, -0.05) is 44.2 Å². The predicted octanol–water partition coefficient (Wildman–Crippen LogP) is 4.17. The summed E-state index contributed by atoms with van der Waals surface area (Å²) in [4.78, 5) is 15.3. The molecule has 1 fully saturated rings. The van der Waals surface area contributed by atoms with Gasteiger partial charge in [-0.25, -0.2) is 4.39 Å². The number of aliphatic hydroxyl groups is 1. The van der Waals surface area contributed by atoms with Crippen LogP contribution < -0.4 is 5.32 Å². The lowest BCUT2D eigenvalue weighted by atomic mass is 9.79. The van der Waals surface area contributed by atoms with Gasteiger partial charge in [0.2, 0.25) is 0 Å². The second kappa shape index (κ2) is 9.06. The fraction of sp³-hybridized carbons (Fsp3) is 0.458. The van der Waals surface area contributed by atoms with Crippen molar-refractivity contribution >= 4 is 5.91 Å². The van der Waals surface area contributed by atoms with Crippen molar-refractivity contribution in [2.75, 3.05) is 13.1 Å². The number of hydrogen-bond acceptors (Lipinski definition) is 3. The highest BCUT2D eigenvalue weighted by atomic mass is 19.1. The Bertz CT molecular complexity index is 803. The summed E-state index contributed by atoms with van der Waals surface area (Å²) in [7, 11) is 0. The Morgan fingerprint density at radius 1 is 1.21 bits per heavy atom. The lowest BCUT2D eigenvalue weighted by Gasteiger charge is -2.49. The predicted molar refractivity (Wildman–Crippen MR) is 113 cm³/mol. The second-order valence-electron chi connectivity index (χ2n) is 8.64. The number of rotatable bonds is 6. The molecule has 3 rings (SSSR count). The number of carbonyl (C=O) groups excluding carboxylic acids is 1. The number of halogens is 1. The van der Waals surface area contributed by atoms with Crippen LogP contribution in [0.3, 0.4) is 0 Å². The highest BCUT2D eigenvalue weighted by Gasteiger charge is 2.46. The molecule has 29 heavy (non-hydrogen) atoms. The Kier molecular flexibility index (Phi) is 6.70. The number of benzene rings is 2. The first-order valence-electron chi connectivity index (χ1n) is 10.4. The summed E-state index contributed by atoms with van der Waals surface area (Å²) in [5, 5.41) is 14.3. The highest BCUT2D eigenvalue weighted by Crippen LogP contribution is 2.37. The molecule has 4 nitrogen and oxygen atoms in total. The van der Waals surface area contributed by atoms with Gasteiger partial charge in [-0.2, -0.15) is 0 Å². The third kappa shape index (κ3) is 5.22. The smallest absolute Gasteiger partial charge is 0.251 e. The van der Waals surface area contributed by atoms with Crippen molar-refractivity contribution in [2.24, 2.45) is 5.92 Å². The topological polar surface area (TPSA) is 52.6 Å². The normalized spacial score (nSPS) is 25.2. The third-order valence-electron chi connectivity index (χ3n) is 5.81. The second-order valence-corrected chi connectivity index (χ2v) is 8.64. The molecule has 156 valence electrons. The summed E-state index contributed by atoms with van der Waals surface area (Å²) >= 11 is 0. The van der Waals surface area contributed by atoms with Crippen LogP contribution >= 0.6 is 0 Å². The van der Waals surface area contributed by atoms with Crippen LogP contribution in [0.1, 0.15) is 55.6 Å². The minimum absolute atomic E-state index is 0.136. The maximum Gasteiger partial charge on any atom is 0.251 e. The molecule has 0 unspecified atom stereocenters. The van der Waals surface area contributed by atoms with E-state index in [2.05, 4.69) is 24.1 Å². The van der Waals surface area contributed by atoms with Gasteiger partial charge in [-0.15, -0.1) is 0 Å². The zero-order chi connectivity index (χ0) is 21.0. The third-order valence-corrected chi connectivity index (χ3v) is 5.81. The summed E-state index contributed by atoms with van der Waals surface area (Å²) < 4.78 is 13.2. The minimum atomic E-state index is -1.05. The van der Waals surface area contributed by atoms with E-state index >= 15 is 0 Å². The van der Waals surface area contributed by atoms with Crippen molar-refractivity contribution in [3.8, 4) is 0 Å². The molecular formula is C24H31FN2O2. The Hall–Kier alpha value is -2.24. The minimum Gasteiger partial charge on any atom is -0.388 e. The molecule has 2 aromatic carbocycles. The van der Waals surface area contributed by atoms with Gasteiger partial charge in [0.1, 0.15) is 5.82 Å². The van der Waals surface area contributed by atoms with Crippen LogP contribution in [0.25, 0.3) is 0 Å². The molecule has 3 atom stereocenters. The first-order chi connectivity index (χ1) is 13.8. The van der Waals surface area contributed by atoms with Crippen molar-refractivity contribution in [1.82, 2.24) is 10.2 Å². The van der Waals surface area contributed by atoms with Gasteiger partial charge in [-0.3, -0.25) is 9.69 Å².